The van der Waals surface area contributed by atoms with Crippen LogP contribution < -0.4 is 5.73 Å². The lowest BCUT2D eigenvalue weighted by Gasteiger charge is -2.20. The number of anilines is 1. The second-order valence-electron chi connectivity index (χ2n) is 6.01. The highest BCUT2D eigenvalue weighted by atomic mass is 32.2. The fourth-order valence-electron chi connectivity index (χ4n) is 2.08. The maximum absolute atomic E-state index is 11.8. The van der Waals surface area contributed by atoms with E-state index < -0.39 is 9.84 Å². The van der Waals surface area contributed by atoms with Gasteiger partial charge in [-0.05, 0) is 17.5 Å². The molecule has 0 amide bonds. The molecule has 2 N–H and O–H groups in total. The summed E-state index contributed by atoms with van der Waals surface area (Å²) in [6.45, 7) is 6.97. The highest BCUT2D eigenvalue weighted by Gasteiger charge is 2.20. The molecule has 1 aromatic heterocycles. The van der Waals surface area contributed by atoms with Gasteiger partial charge >= 0.3 is 0 Å². The summed E-state index contributed by atoms with van der Waals surface area (Å²) in [5, 5.41) is 0. The Morgan fingerprint density at radius 2 is 1.95 bits per heavy atom. The van der Waals surface area contributed by atoms with Gasteiger partial charge in [0.15, 0.2) is 9.84 Å². The number of hydrogen-bond donors (Lipinski definition) is 1. The lowest BCUT2D eigenvalue weighted by atomic mass is 9.97. The van der Waals surface area contributed by atoms with Crippen molar-refractivity contribution >= 4 is 26.8 Å². The van der Waals surface area contributed by atoms with Gasteiger partial charge in [-0.1, -0.05) is 26.8 Å². The van der Waals surface area contributed by atoms with E-state index in [1.807, 2.05) is 10.6 Å². The maximum Gasteiger partial charge on any atom is 0.201 e. The van der Waals surface area contributed by atoms with E-state index in [-0.39, 0.29) is 10.3 Å². The molecule has 1 heterocycles. The van der Waals surface area contributed by atoms with E-state index in [1.165, 1.54) is 6.26 Å². The fraction of sp³-hybridized carbons (Fsp3) is 0.462. The Balaban J connectivity index is 2.73. The molecule has 0 spiro atoms. The van der Waals surface area contributed by atoms with E-state index in [1.54, 1.807) is 12.1 Å². The number of aromatic nitrogens is 2. The topological polar surface area (TPSA) is 78.0 Å². The average molecular weight is 281 g/mol. The molecular weight excluding hydrogens is 262 g/mol. The van der Waals surface area contributed by atoms with Gasteiger partial charge < -0.3 is 10.3 Å². The predicted octanol–water partition coefficient (Wildman–Crippen LogP) is 2.07. The van der Waals surface area contributed by atoms with Crippen LogP contribution in [-0.2, 0) is 16.4 Å². The number of rotatable bonds is 2. The van der Waals surface area contributed by atoms with E-state index in [9.17, 15) is 8.42 Å². The van der Waals surface area contributed by atoms with Crippen molar-refractivity contribution in [3.05, 3.63) is 18.2 Å². The number of para-hydroxylation sites is 1. The van der Waals surface area contributed by atoms with Gasteiger partial charge in [0.05, 0.1) is 10.4 Å². The summed E-state index contributed by atoms with van der Waals surface area (Å²) in [5.74, 6) is 0.348. The average Bonchev–Trinajstić information content (AvgIpc) is 2.52. The first-order valence-corrected chi connectivity index (χ1v) is 7.93. The first-order valence-electron chi connectivity index (χ1n) is 6.04. The van der Waals surface area contributed by atoms with Crippen molar-refractivity contribution in [1.82, 2.24) is 9.55 Å². The van der Waals surface area contributed by atoms with Crippen molar-refractivity contribution in [2.45, 2.75) is 32.2 Å². The second kappa shape index (κ2) is 4.23. The molecule has 0 radical (unpaired) electrons. The Kier molecular flexibility index (Phi) is 3.09. The van der Waals surface area contributed by atoms with E-state index in [0.29, 0.717) is 18.0 Å². The smallest absolute Gasteiger partial charge is 0.201 e. The molecule has 5 nitrogen and oxygen atoms in total. The molecule has 0 bridgehead atoms. The van der Waals surface area contributed by atoms with Gasteiger partial charge in [-0.25, -0.2) is 13.4 Å². The number of nitrogens with zero attached hydrogens (tertiary/aromatic N) is 2. The molecule has 104 valence electrons. The van der Waals surface area contributed by atoms with Crippen molar-refractivity contribution in [1.29, 1.82) is 0 Å². The summed E-state index contributed by atoms with van der Waals surface area (Å²) in [4.78, 5) is 4.45. The highest BCUT2D eigenvalue weighted by Crippen LogP contribution is 2.28. The number of imidazole rings is 1. The first-order chi connectivity index (χ1) is 8.59. The fourth-order valence-corrected chi connectivity index (χ4v) is 2.91. The van der Waals surface area contributed by atoms with Crippen molar-refractivity contribution < 1.29 is 8.42 Å². The maximum atomic E-state index is 11.8. The molecular formula is C13H19N3O2S. The number of nitrogen functional groups attached to an aromatic ring is 1. The zero-order valence-corrected chi connectivity index (χ0v) is 12.5. The number of fused-ring (bicyclic) bond motifs is 1. The summed E-state index contributed by atoms with van der Waals surface area (Å²) in [5.41, 5.74) is 7.17. The van der Waals surface area contributed by atoms with E-state index in [4.69, 9.17) is 5.73 Å². The van der Waals surface area contributed by atoms with Crippen LogP contribution in [0.25, 0.3) is 11.0 Å². The van der Waals surface area contributed by atoms with Crippen LogP contribution in [0.4, 0.5) is 5.95 Å². The van der Waals surface area contributed by atoms with Crippen LogP contribution in [0.15, 0.2) is 23.1 Å². The summed E-state index contributed by atoms with van der Waals surface area (Å²) in [6, 6.07) is 5.13. The van der Waals surface area contributed by atoms with Crippen LogP contribution in [0.2, 0.25) is 0 Å². The minimum absolute atomic E-state index is 0.0306. The lowest BCUT2D eigenvalue weighted by molar-refractivity contribution is 0.351. The molecule has 0 aliphatic carbocycles. The van der Waals surface area contributed by atoms with Crippen molar-refractivity contribution in [2.75, 3.05) is 12.0 Å². The molecule has 6 heteroatoms. The standard InChI is InChI=1S/C13H19N3O2S/c1-13(2,3)8-16-9-6-5-7-10(19(4,17)18)11(9)15-12(16)14/h5-7H,8H2,1-4H3,(H2,14,15). The molecule has 0 saturated carbocycles. The summed E-state index contributed by atoms with van der Waals surface area (Å²) in [6.07, 6.45) is 1.18. The van der Waals surface area contributed by atoms with E-state index in [2.05, 4.69) is 25.8 Å². The van der Waals surface area contributed by atoms with Crippen LogP contribution >= 0.6 is 0 Å². The monoisotopic (exact) mass is 281 g/mol. The Morgan fingerprint density at radius 1 is 1.32 bits per heavy atom. The SMILES string of the molecule is CC(C)(C)Cn1c(N)nc2c(S(C)(=O)=O)cccc21. The molecule has 0 aliphatic rings. The molecule has 0 atom stereocenters. The van der Waals surface area contributed by atoms with Crippen molar-refractivity contribution in [3.8, 4) is 0 Å². The molecule has 0 unspecified atom stereocenters. The van der Waals surface area contributed by atoms with Crippen LogP contribution in [0.3, 0.4) is 0 Å². The van der Waals surface area contributed by atoms with Gasteiger partial charge in [-0.3, -0.25) is 0 Å². The van der Waals surface area contributed by atoms with Crippen LogP contribution in [0.1, 0.15) is 20.8 Å². The Morgan fingerprint density at radius 3 is 2.47 bits per heavy atom. The van der Waals surface area contributed by atoms with Crippen LogP contribution in [-0.4, -0.2) is 24.2 Å². The summed E-state index contributed by atoms with van der Waals surface area (Å²) in [7, 11) is -3.31. The molecule has 1 aromatic carbocycles. The zero-order chi connectivity index (χ0) is 14.4. The predicted molar refractivity (Wildman–Crippen MR) is 76.7 cm³/mol. The van der Waals surface area contributed by atoms with Gasteiger partial charge in [0, 0.05) is 12.8 Å². The van der Waals surface area contributed by atoms with Gasteiger partial charge in [0.1, 0.15) is 5.52 Å². The van der Waals surface area contributed by atoms with Crippen molar-refractivity contribution in [3.63, 3.8) is 0 Å². The Labute approximate surface area is 113 Å². The zero-order valence-electron chi connectivity index (χ0n) is 11.6. The molecule has 0 saturated heterocycles. The van der Waals surface area contributed by atoms with E-state index >= 15 is 0 Å². The molecule has 19 heavy (non-hydrogen) atoms. The Hall–Kier alpha value is -1.56. The third kappa shape index (κ3) is 2.73. The number of nitrogens with two attached hydrogens (primary N) is 1. The summed E-state index contributed by atoms with van der Waals surface area (Å²) < 4.78 is 25.4. The normalized spacial score (nSPS) is 13.1. The second-order valence-corrected chi connectivity index (χ2v) is 8.00. The van der Waals surface area contributed by atoms with Crippen LogP contribution in [0, 0.1) is 5.41 Å². The summed E-state index contributed by atoms with van der Waals surface area (Å²) >= 11 is 0. The third-order valence-corrected chi connectivity index (χ3v) is 3.93. The molecule has 2 aromatic rings. The largest absolute Gasteiger partial charge is 0.369 e. The number of hydrogen-bond acceptors (Lipinski definition) is 4. The quantitative estimate of drug-likeness (QED) is 0.914. The molecule has 0 aliphatic heterocycles. The van der Waals surface area contributed by atoms with Gasteiger partial charge in [-0.15, -0.1) is 0 Å². The minimum Gasteiger partial charge on any atom is -0.369 e. The van der Waals surface area contributed by atoms with Gasteiger partial charge in [0.2, 0.25) is 5.95 Å². The number of benzene rings is 1. The first kappa shape index (κ1) is 13.9. The van der Waals surface area contributed by atoms with Crippen molar-refractivity contribution in [2.24, 2.45) is 5.41 Å². The highest BCUT2D eigenvalue weighted by molar-refractivity contribution is 7.91. The van der Waals surface area contributed by atoms with Gasteiger partial charge in [0.25, 0.3) is 0 Å². The number of sulfone groups is 1. The molecule has 0 fully saturated rings. The molecule has 2 rings (SSSR count). The van der Waals surface area contributed by atoms with E-state index in [0.717, 1.165) is 5.52 Å². The van der Waals surface area contributed by atoms with Crippen LogP contribution in [0.5, 0.6) is 0 Å². The third-order valence-electron chi connectivity index (χ3n) is 2.80. The van der Waals surface area contributed by atoms with Gasteiger partial charge in [-0.2, -0.15) is 0 Å². The lowest BCUT2D eigenvalue weighted by Crippen LogP contribution is -2.17. The minimum atomic E-state index is -3.31. The Bertz CT molecular complexity index is 724.